The maximum atomic E-state index is 6.19. The number of pyridine rings is 1. The van der Waals surface area contributed by atoms with Crippen molar-refractivity contribution in [3.8, 4) is 11.6 Å². The molecule has 0 spiro atoms. The van der Waals surface area contributed by atoms with E-state index in [1.165, 1.54) is 0 Å². The number of halogens is 1. The monoisotopic (exact) mass is 290 g/mol. The molecule has 0 aliphatic heterocycles. The third-order valence-electron chi connectivity index (χ3n) is 3.15. The Morgan fingerprint density at radius 1 is 1.35 bits per heavy atom. The molecule has 0 aliphatic carbocycles. The number of hydrogen-bond acceptors (Lipinski definition) is 3. The summed E-state index contributed by atoms with van der Waals surface area (Å²) < 4.78 is 5.84. The van der Waals surface area contributed by atoms with Crippen LogP contribution in [-0.2, 0) is 6.42 Å². The molecule has 20 heavy (non-hydrogen) atoms. The van der Waals surface area contributed by atoms with Crippen LogP contribution in [0.1, 0.15) is 24.5 Å². The van der Waals surface area contributed by atoms with Gasteiger partial charge in [0, 0.05) is 17.8 Å². The quantitative estimate of drug-likeness (QED) is 0.901. The molecule has 0 amide bonds. The third kappa shape index (κ3) is 3.71. The Kier molecular flexibility index (Phi) is 4.99. The Morgan fingerprint density at radius 2 is 2.15 bits per heavy atom. The molecule has 106 valence electrons. The molecule has 4 heteroatoms. The van der Waals surface area contributed by atoms with Gasteiger partial charge in [-0.25, -0.2) is 4.98 Å². The van der Waals surface area contributed by atoms with Crippen LogP contribution in [0, 0.1) is 6.92 Å². The van der Waals surface area contributed by atoms with E-state index in [4.69, 9.17) is 22.1 Å². The Bertz CT molecular complexity index is 586. The van der Waals surface area contributed by atoms with Crippen molar-refractivity contribution in [1.29, 1.82) is 0 Å². The van der Waals surface area contributed by atoms with Gasteiger partial charge in [0.1, 0.15) is 5.75 Å². The van der Waals surface area contributed by atoms with Crippen molar-refractivity contribution in [2.75, 3.05) is 0 Å². The summed E-state index contributed by atoms with van der Waals surface area (Å²) in [5, 5.41) is 0.585. The Morgan fingerprint density at radius 3 is 2.85 bits per heavy atom. The van der Waals surface area contributed by atoms with Gasteiger partial charge in [0.25, 0.3) is 0 Å². The molecule has 0 saturated carbocycles. The second kappa shape index (κ2) is 6.73. The highest BCUT2D eigenvalue weighted by atomic mass is 35.5. The Balaban J connectivity index is 2.24. The van der Waals surface area contributed by atoms with Gasteiger partial charge in [0.05, 0.1) is 5.02 Å². The first kappa shape index (κ1) is 14.8. The van der Waals surface area contributed by atoms with Gasteiger partial charge in [-0.2, -0.15) is 0 Å². The fourth-order valence-corrected chi connectivity index (χ4v) is 2.16. The van der Waals surface area contributed by atoms with E-state index < -0.39 is 0 Å². The molecule has 2 N–H and O–H groups in total. The van der Waals surface area contributed by atoms with E-state index in [9.17, 15) is 0 Å². The summed E-state index contributed by atoms with van der Waals surface area (Å²) in [5.41, 5.74) is 8.10. The van der Waals surface area contributed by atoms with Gasteiger partial charge in [-0.15, -0.1) is 0 Å². The number of aryl methyl sites for hydroxylation is 1. The van der Waals surface area contributed by atoms with E-state index >= 15 is 0 Å². The van der Waals surface area contributed by atoms with Gasteiger partial charge in [0.15, 0.2) is 0 Å². The molecule has 1 heterocycles. The smallest absolute Gasteiger partial charge is 0.222 e. The van der Waals surface area contributed by atoms with Crippen LogP contribution in [0.5, 0.6) is 11.6 Å². The van der Waals surface area contributed by atoms with Crippen LogP contribution >= 0.6 is 11.6 Å². The minimum Gasteiger partial charge on any atom is -0.437 e. The minimum absolute atomic E-state index is 0.107. The van der Waals surface area contributed by atoms with Crippen molar-refractivity contribution in [3.63, 3.8) is 0 Å². The van der Waals surface area contributed by atoms with Crippen molar-refractivity contribution in [1.82, 2.24) is 4.98 Å². The molecule has 2 rings (SSSR count). The number of nitrogens with two attached hydrogens (primary N) is 1. The summed E-state index contributed by atoms with van der Waals surface area (Å²) in [6, 6.07) is 9.67. The number of benzene rings is 1. The first-order valence-electron chi connectivity index (χ1n) is 6.73. The van der Waals surface area contributed by atoms with Crippen molar-refractivity contribution in [2.45, 2.75) is 32.7 Å². The van der Waals surface area contributed by atoms with Gasteiger partial charge < -0.3 is 10.5 Å². The molecule has 1 aromatic heterocycles. The minimum atomic E-state index is 0.107. The molecule has 0 fully saturated rings. The first-order valence-corrected chi connectivity index (χ1v) is 7.11. The standard InChI is InChI=1S/C16H19ClN2O/c1-3-13(18)10-12-5-4-8-19-16(12)20-15-7-6-11(2)9-14(15)17/h4-9,13H,3,10,18H2,1-2H3. The van der Waals surface area contributed by atoms with Crippen molar-refractivity contribution in [3.05, 3.63) is 52.7 Å². The Labute approximate surface area is 124 Å². The molecule has 1 unspecified atom stereocenters. The van der Waals surface area contributed by atoms with E-state index in [0.29, 0.717) is 16.7 Å². The first-order chi connectivity index (χ1) is 9.60. The number of ether oxygens (including phenoxy) is 1. The second-order valence-corrected chi connectivity index (χ2v) is 5.28. The van der Waals surface area contributed by atoms with Crippen LogP contribution in [0.2, 0.25) is 5.02 Å². The van der Waals surface area contributed by atoms with E-state index in [2.05, 4.69) is 11.9 Å². The molecule has 1 aromatic carbocycles. The van der Waals surface area contributed by atoms with Crippen LogP contribution in [-0.4, -0.2) is 11.0 Å². The van der Waals surface area contributed by atoms with Crippen molar-refractivity contribution in [2.24, 2.45) is 5.73 Å². The third-order valence-corrected chi connectivity index (χ3v) is 3.45. The van der Waals surface area contributed by atoms with Crippen molar-refractivity contribution < 1.29 is 4.74 Å². The predicted molar refractivity (Wildman–Crippen MR) is 82.5 cm³/mol. The fraction of sp³-hybridized carbons (Fsp3) is 0.312. The average Bonchev–Trinajstić information content (AvgIpc) is 2.43. The molecule has 1 atom stereocenters. The van der Waals surface area contributed by atoms with E-state index in [-0.39, 0.29) is 6.04 Å². The van der Waals surface area contributed by atoms with Crippen LogP contribution < -0.4 is 10.5 Å². The highest BCUT2D eigenvalue weighted by molar-refractivity contribution is 6.32. The number of rotatable bonds is 5. The van der Waals surface area contributed by atoms with E-state index in [0.717, 1.165) is 24.0 Å². The summed E-state index contributed by atoms with van der Waals surface area (Å²) in [6.07, 6.45) is 3.36. The van der Waals surface area contributed by atoms with Gasteiger partial charge in [-0.1, -0.05) is 30.7 Å². The van der Waals surface area contributed by atoms with Crippen LogP contribution in [0.3, 0.4) is 0 Å². The molecule has 0 bridgehead atoms. The lowest BCUT2D eigenvalue weighted by Crippen LogP contribution is -2.21. The molecular weight excluding hydrogens is 272 g/mol. The normalized spacial score (nSPS) is 12.2. The zero-order chi connectivity index (χ0) is 14.5. The summed E-state index contributed by atoms with van der Waals surface area (Å²) in [6.45, 7) is 4.06. The maximum Gasteiger partial charge on any atom is 0.222 e. The van der Waals surface area contributed by atoms with E-state index in [1.54, 1.807) is 6.20 Å². The molecule has 3 nitrogen and oxygen atoms in total. The highest BCUT2D eigenvalue weighted by Crippen LogP contribution is 2.30. The maximum absolute atomic E-state index is 6.19. The second-order valence-electron chi connectivity index (χ2n) is 4.88. The number of aromatic nitrogens is 1. The zero-order valence-electron chi connectivity index (χ0n) is 11.8. The van der Waals surface area contributed by atoms with Gasteiger partial charge in [-0.3, -0.25) is 0 Å². The summed E-state index contributed by atoms with van der Waals surface area (Å²) in [5.74, 6) is 1.18. The summed E-state index contributed by atoms with van der Waals surface area (Å²) in [7, 11) is 0. The fourth-order valence-electron chi connectivity index (χ4n) is 1.89. The molecule has 0 saturated heterocycles. The molecule has 2 aromatic rings. The Hall–Kier alpha value is -1.58. The summed E-state index contributed by atoms with van der Waals surface area (Å²) in [4.78, 5) is 4.29. The lowest BCUT2D eigenvalue weighted by atomic mass is 10.1. The highest BCUT2D eigenvalue weighted by Gasteiger charge is 2.11. The summed E-state index contributed by atoms with van der Waals surface area (Å²) >= 11 is 6.19. The number of nitrogens with zero attached hydrogens (tertiary/aromatic N) is 1. The van der Waals surface area contributed by atoms with Crippen LogP contribution in [0.15, 0.2) is 36.5 Å². The average molecular weight is 291 g/mol. The van der Waals surface area contributed by atoms with Crippen molar-refractivity contribution >= 4 is 11.6 Å². The van der Waals surface area contributed by atoms with Crippen LogP contribution in [0.4, 0.5) is 0 Å². The zero-order valence-corrected chi connectivity index (χ0v) is 12.5. The van der Waals surface area contributed by atoms with Gasteiger partial charge in [0.2, 0.25) is 5.88 Å². The molecular formula is C16H19ClN2O. The van der Waals surface area contributed by atoms with Crippen LogP contribution in [0.25, 0.3) is 0 Å². The SMILES string of the molecule is CCC(N)Cc1cccnc1Oc1ccc(C)cc1Cl. The molecule has 0 aliphatic rings. The number of hydrogen-bond donors (Lipinski definition) is 1. The van der Waals surface area contributed by atoms with Gasteiger partial charge >= 0.3 is 0 Å². The largest absolute Gasteiger partial charge is 0.437 e. The lowest BCUT2D eigenvalue weighted by Gasteiger charge is -2.13. The van der Waals surface area contributed by atoms with E-state index in [1.807, 2.05) is 37.3 Å². The van der Waals surface area contributed by atoms with Gasteiger partial charge in [-0.05, 0) is 43.5 Å². The predicted octanol–water partition coefficient (Wildman–Crippen LogP) is 4.12. The molecule has 0 radical (unpaired) electrons. The topological polar surface area (TPSA) is 48.1 Å². The lowest BCUT2D eigenvalue weighted by molar-refractivity contribution is 0.452.